The third-order valence-electron chi connectivity index (χ3n) is 3.26. The third-order valence-corrected chi connectivity index (χ3v) is 3.26. The normalized spacial score (nSPS) is 11.0. The molecule has 0 saturated carbocycles. The number of rotatable bonds is 5. The van der Waals surface area contributed by atoms with E-state index in [1.807, 2.05) is 37.3 Å². The molecular weight excluding hydrogens is 302 g/mol. The summed E-state index contributed by atoms with van der Waals surface area (Å²) in [6, 6.07) is 16.2. The molecule has 3 N–H and O–H groups in total. The lowest BCUT2D eigenvalue weighted by Crippen LogP contribution is -2.43. The molecule has 0 radical (unpaired) electrons. The number of benzene rings is 2. The summed E-state index contributed by atoms with van der Waals surface area (Å²) in [5.41, 5.74) is 2.07. The van der Waals surface area contributed by atoms with Crippen LogP contribution in [0.1, 0.15) is 12.5 Å². The first kappa shape index (κ1) is 17.1. The van der Waals surface area contributed by atoms with Crippen LogP contribution < -0.4 is 16.0 Å². The van der Waals surface area contributed by atoms with Gasteiger partial charge in [0.2, 0.25) is 0 Å². The molecule has 2 rings (SSSR count). The fraction of sp³-hybridized carbons (Fsp3) is 0.158. The molecule has 0 spiro atoms. The van der Waals surface area contributed by atoms with Gasteiger partial charge in [0.1, 0.15) is 0 Å². The van der Waals surface area contributed by atoms with E-state index in [0.29, 0.717) is 17.8 Å². The van der Waals surface area contributed by atoms with Gasteiger partial charge in [0.25, 0.3) is 0 Å². The molecule has 0 saturated heterocycles. The molecule has 0 heterocycles. The van der Waals surface area contributed by atoms with Crippen molar-refractivity contribution in [1.29, 1.82) is 0 Å². The zero-order valence-corrected chi connectivity index (χ0v) is 13.4. The van der Waals surface area contributed by atoms with Crippen molar-refractivity contribution in [2.75, 3.05) is 17.2 Å². The van der Waals surface area contributed by atoms with Gasteiger partial charge in [-0.15, -0.1) is 6.42 Å². The Balaban J connectivity index is 1.82. The number of hydrogen-bond donors (Lipinski definition) is 3. The summed E-state index contributed by atoms with van der Waals surface area (Å²) in [5, 5.41) is 8.36. The van der Waals surface area contributed by atoms with E-state index in [2.05, 4.69) is 21.9 Å². The summed E-state index contributed by atoms with van der Waals surface area (Å²) in [7, 11) is 0. The van der Waals surface area contributed by atoms with Gasteiger partial charge in [-0.2, -0.15) is 0 Å². The number of carbonyl (C=O) groups excluding carboxylic acids is 2. The molecule has 2 amide bonds. The highest BCUT2D eigenvalue weighted by Gasteiger charge is 2.16. The predicted molar refractivity (Wildman–Crippen MR) is 95.5 cm³/mol. The molecule has 0 fully saturated rings. The van der Waals surface area contributed by atoms with Gasteiger partial charge >= 0.3 is 11.8 Å². The summed E-state index contributed by atoms with van der Waals surface area (Å²) >= 11 is 0. The molecule has 5 nitrogen and oxygen atoms in total. The summed E-state index contributed by atoms with van der Waals surface area (Å²) < 4.78 is 0. The Morgan fingerprint density at radius 1 is 1.04 bits per heavy atom. The lowest BCUT2D eigenvalue weighted by Gasteiger charge is -2.15. The SMILES string of the molecule is C#Cc1cccc(NC(=O)C(=O)NC(C)CNc2ccccc2)c1. The van der Waals surface area contributed by atoms with Gasteiger partial charge in [0.05, 0.1) is 0 Å². The molecule has 24 heavy (non-hydrogen) atoms. The first-order valence-electron chi connectivity index (χ1n) is 7.56. The molecule has 0 bridgehead atoms. The van der Waals surface area contributed by atoms with Crippen LogP contribution >= 0.6 is 0 Å². The maximum Gasteiger partial charge on any atom is 0.313 e. The van der Waals surface area contributed by atoms with Crippen molar-refractivity contribution in [1.82, 2.24) is 5.32 Å². The number of terminal acetylenes is 1. The minimum Gasteiger partial charge on any atom is -0.383 e. The molecular formula is C19H19N3O2. The van der Waals surface area contributed by atoms with Crippen molar-refractivity contribution in [2.45, 2.75) is 13.0 Å². The molecule has 5 heteroatoms. The predicted octanol–water partition coefficient (Wildman–Crippen LogP) is 2.22. The molecule has 0 aliphatic rings. The van der Waals surface area contributed by atoms with Gasteiger partial charge in [-0.25, -0.2) is 0 Å². The smallest absolute Gasteiger partial charge is 0.313 e. The highest BCUT2D eigenvalue weighted by Crippen LogP contribution is 2.09. The van der Waals surface area contributed by atoms with Crippen molar-refractivity contribution in [3.8, 4) is 12.3 Å². The number of para-hydroxylation sites is 1. The largest absolute Gasteiger partial charge is 0.383 e. The number of nitrogens with one attached hydrogen (secondary N) is 3. The Morgan fingerprint density at radius 2 is 1.75 bits per heavy atom. The Labute approximate surface area is 141 Å². The van der Waals surface area contributed by atoms with E-state index in [0.717, 1.165) is 5.69 Å². The Morgan fingerprint density at radius 3 is 2.46 bits per heavy atom. The summed E-state index contributed by atoms with van der Waals surface area (Å²) in [5.74, 6) is 1.06. The highest BCUT2D eigenvalue weighted by atomic mass is 16.2. The average Bonchev–Trinajstić information content (AvgIpc) is 2.61. The number of carbonyl (C=O) groups is 2. The van der Waals surface area contributed by atoms with Crippen molar-refractivity contribution >= 4 is 23.2 Å². The van der Waals surface area contributed by atoms with Crippen molar-refractivity contribution < 1.29 is 9.59 Å². The maximum absolute atomic E-state index is 11.9. The lowest BCUT2D eigenvalue weighted by molar-refractivity contribution is -0.136. The molecule has 0 aliphatic heterocycles. The number of anilines is 2. The molecule has 0 aliphatic carbocycles. The van der Waals surface area contributed by atoms with Crippen LogP contribution in [-0.2, 0) is 9.59 Å². The first-order chi connectivity index (χ1) is 11.6. The molecule has 122 valence electrons. The first-order valence-corrected chi connectivity index (χ1v) is 7.56. The van der Waals surface area contributed by atoms with E-state index in [1.54, 1.807) is 24.3 Å². The monoisotopic (exact) mass is 321 g/mol. The van der Waals surface area contributed by atoms with Crippen molar-refractivity contribution in [2.24, 2.45) is 0 Å². The van der Waals surface area contributed by atoms with E-state index in [9.17, 15) is 9.59 Å². The van der Waals surface area contributed by atoms with E-state index in [1.165, 1.54) is 0 Å². The van der Waals surface area contributed by atoms with Crippen LogP contribution in [0.2, 0.25) is 0 Å². The second-order valence-electron chi connectivity index (χ2n) is 5.30. The minimum atomic E-state index is -0.726. The molecule has 2 aromatic carbocycles. The van der Waals surface area contributed by atoms with E-state index >= 15 is 0 Å². The quantitative estimate of drug-likeness (QED) is 0.584. The standard InChI is InChI=1S/C19H19N3O2/c1-3-15-8-7-11-17(12-15)22-19(24)18(23)21-14(2)13-20-16-9-5-4-6-10-16/h1,4-12,14,20H,13H2,2H3,(H,21,23)(H,22,24). The van der Waals surface area contributed by atoms with E-state index in [-0.39, 0.29) is 6.04 Å². The van der Waals surface area contributed by atoms with Gasteiger partial charge in [0, 0.05) is 29.5 Å². The van der Waals surface area contributed by atoms with Crippen molar-refractivity contribution in [3.63, 3.8) is 0 Å². The van der Waals surface area contributed by atoms with Crippen LogP contribution in [0.3, 0.4) is 0 Å². The zero-order chi connectivity index (χ0) is 17.4. The Hall–Kier alpha value is -3.26. The summed E-state index contributed by atoms with van der Waals surface area (Å²) in [6.07, 6.45) is 5.31. The second kappa shape index (κ2) is 8.39. The lowest BCUT2D eigenvalue weighted by atomic mass is 10.2. The molecule has 1 atom stereocenters. The number of hydrogen-bond acceptors (Lipinski definition) is 3. The summed E-state index contributed by atoms with van der Waals surface area (Å²) in [4.78, 5) is 23.9. The molecule has 2 aromatic rings. The van der Waals surface area contributed by atoms with Crippen molar-refractivity contribution in [3.05, 3.63) is 60.2 Å². The van der Waals surface area contributed by atoms with Crippen LogP contribution in [0.15, 0.2) is 54.6 Å². The van der Waals surface area contributed by atoms with Crippen LogP contribution in [0.25, 0.3) is 0 Å². The highest BCUT2D eigenvalue weighted by molar-refractivity contribution is 6.39. The van der Waals surface area contributed by atoms with E-state index in [4.69, 9.17) is 6.42 Å². The van der Waals surface area contributed by atoms with Gasteiger partial charge in [-0.3, -0.25) is 9.59 Å². The number of amides is 2. The van der Waals surface area contributed by atoms with Crippen LogP contribution in [0.5, 0.6) is 0 Å². The fourth-order valence-electron chi connectivity index (χ4n) is 2.04. The topological polar surface area (TPSA) is 70.2 Å². The van der Waals surface area contributed by atoms with Gasteiger partial charge in [-0.05, 0) is 37.3 Å². The van der Waals surface area contributed by atoms with Gasteiger partial charge < -0.3 is 16.0 Å². The van der Waals surface area contributed by atoms with Crippen LogP contribution in [-0.4, -0.2) is 24.4 Å². The van der Waals surface area contributed by atoms with Crippen LogP contribution in [0, 0.1) is 12.3 Å². The van der Waals surface area contributed by atoms with E-state index < -0.39 is 11.8 Å². The Kier molecular flexibility index (Phi) is 5.98. The van der Waals surface area contributed by atoms with Gasteiger partial charge in [0.15, 0.2) is 0 Å². The van der Waals surface area contributed by atoms with Gasteiger partial charge in [-0.1, -0.05) is 30.2 Å². The summed E-state index contributed by atoms with van der Waals surface area (Å²) in [6.45, 7) is 2.33. The molecule has 0 aromatic heterocycles. The average molecular weight is 321 g/mol. The molecule has 1 unspecified atom stereocenters. The maximum atomic E-state index is 11.9. The third kappa shape index (κ3) is 5.18. The Bertz CT molecular complexity index is 751. The minimum absolute atomic E-state index is 0.208. The van der Waals surface area contributed by atoms with Crippen LogP contribution in [0.4, 0.5) is 11.4 Å². The zero-order valence-electron chi connectivity index (χ0n) is 13.4. The second-order valence-corrected chi connectivity index (χ2v) is 5.30. The fourth-order valence-corrected chi connectivity index (χ4v) is 2.04.